The molecule has 0 aliphatic rings. The van der Waals surface area contributed by atoms with Gasteiger partial charge in [0.2, 0.25) is 0 Å². The second-order valence-electron chi connectivity index (χ2n) is 4.57. The number of hydroxylamine groups is 2. The lowest BCUT2D eigenvalue weighted by molar-refractivity contribution is -0.125. The van der Waals surface area contributed by atoms with Crippen LogP contribution in [0.4, 0.5) is 9.59 Å². The Labute approximate surface area is 105 Å². The molecule has 0 saturated carbocycles. The van der Waals surface area contributed by atoms with Gasteiger partial charge >= 0.3 is 12.2 Å². The third-order valence-electron chi connectivity index (χ3n) is 1.66. The number of ether oxygens (including phenoxy) is 1. The molecule has 0 aliphatic heterocycles. The highest BCUT2D eigenvalue weighted by Gasteiger charge is 2.23. The first-order valence-electron chi connectivity index (χ1n) is 5.36. The van der Waals surface area contributed by atoms with E-state index < -0.39 is 30.6 Å². The Bertz CT molecular complexity index is 286. The smallest absolute Gasteiger partial charge is 0.463 e. The lowest BCUT2D eigenvalue weighted by atomic mass is 10.2. The quantitative estimate of drug-likeness (QED) is 0.502. The zero-order valence-corrected chi connectivity index (χ0v) is 10.6. The van der Waals surface area contributed by atoms with Crippen molar-refractivity contribution in [1.29, 1.82) is 0 Å². The van der Waals surface area contributed by atoms with Gasteiger partial charge in [0.25, 0.3) is 0 Å². The Kier molecular flexibility index (Phi) is 6.42. The van der Waals surface area contributed by atoms with Crippen LogP contribution in [0.1, 0.15) is 27.2 Å². The number of nitrogens with zero attached hydrogens (tertiary/aromatic N) is 1. The summed E-state index contributed by atoms with van der Waals surface area (Å²) in [5.74, 6) is 0. The molecule has 0 saturated heterocycles. The number of hydrogen-bond donors (Lipinski definition) is 3. The number of carbonyl (C=O) groups excluding carboxylic acids is 1. The number of hydrogen-bond acceptors (Lipinski definition) is 6. The zero-order chi connectivity index (χ0) is 14.3. The summed E-state index contributed by atoms with van der Waals surface area (Å²) in [6.07, 6.45) is -3.78. The van der Waals surface area contributed by atoms with Crippen molar-refractivity contribution in [1.82, 2.24) is 5.06 Å². The van der Waals surface area contributed by atoms with Crippen LogP contribution >= 0.6 is 0 Å². The number of carboxylic acid groups (broad SMARTS) is 1. The highest BCUT2D eigenvalue weighted by molar-refractivity contribution is 5.67. The van der Waals surface area contributed by atoms with Crippen molar-refractivity contribution >= 4 is 12.2 Å². The molecule has 1 unspecified atom stereocenters. The fourth-order valence-corrected chi connectivity index (χ4v) is 0.897. The summed E-state index contributed by atoms with van der Waals surface area (Å²) in [5.41, 5.74) is -0.800. The van der Waals surface area contributed by atoms with E-state index in [1.165, 1.54) is 0 Å². The predicted molar refractivity (Wildman–Crippen MR) is 59.8 cm³/mol. The number of amides is 1. The van der Waals surface area contributed by atoms with Gasteiger partial charge in [0.05, 0.1) is 19.3 Å². The molecule has 0 rings (SSSR count). The fourth-order valence-electron chi connectivity index (χ4n) is 0.897. The molecule has 0 aliphatic carbocycles. The van der Waals surface area contributed by atoms with E-state index in [0.29, 0.717) is 5.06 Å². The van der Waals surface area contributed by atoms with Gasteiger partial charge in [0.15, 0.2) is 0 Å². The van der Waals surface area contributed by atoms with Crippen LogP contribution in [-0.2, 0) is 9.57 Å². The van der Waals surface area contributed by atoms with E-state index in [0.717, 1.165) is 0 Å². The number of rotatable bonds is 4. The molecule has 18 heavy (non-hydrogen) atoms. The fraction of sp³-hybridized carbons (Fsp3) is 0.800. The van der Waals surface area contributed by atoms with Crippen LogP contribution in [0.2, 0.25) is 0 Å². The largest absolute Gasteiger partial charge is 0.534 e. The Morgan fingerprint density at radius 2 is 1.89 bits per heavy atom. The van der Waals surface area contributed by atoms with Gasteiger partial charge in [-0.1, -0.05) is 0 Å². The molecule has 0 heterocycles. The van der Waals surface area contributed by atoms with Gasteiger partial charge < -0.3 is 24.9 Å². The van der Waals surface area contributed by atoms with Crippen molar-refractivity contribution in [2.45, 2.75) is 38.9 Å². The minimum atomic E-state index is -1.49. The normalized spacial score (nSPS) is 12.7. The molecule has 8 heteroatoms. The Balaban J connectivity index is 4.28. The molecular weight excluding hydrogens is 246 g/mol. The molecule has 0 aromatic heterocycles. The Morgan fingerprint density at radius 3 is 2.28 bits per heavy atom. The first-order valence-corrected chi connectivity index (χ1v) is 5.36. The van der Waals surface area contributed by atoms with Crippen LogP contribution in [0.3, 0.4) is 0 Å². The average molecular weight is 265 g/mol. The molecule has 0 spiro atoms. The highest BCUT2D eigenvalue weighted by Crippen LogP contribution is 2.09. The van der Waals surface area contributed by atoms with E-state index in [9.17, 15) is 9.59 Å². The molecular formula is C10H19NO7. The predicted octanol–water partition coefficient (Wildman–Crippen LogP) is 0.576. The summed E-state index contributed by atoms with van der Waals surface area (Å²) in [5, 5.41) is 26.7. The van der Waals surface area contributed by atoms with Gasteiger partial charge in [-0.25, -0.2) is 9.59 Å². The van der Waals surface area contributed by atoms with Gasteiger partial charge in [-0.2, -0.15) is 0 Å². The summed E-state index contributed by atoms with van der Waals surface area (Å²) < 4.78 is 4.77. The van der Waals surface area contributed by atoms with E-state index in [-0.39, 0.29) is 13.0 Å². The first kappa shape index (κ1) is 16.5. The Morgan fingerprint density at radius 1 is 1.33 bits per heavy atom. The summed E-state index contributed by atoms with van der Waals surface area (Å²) in [4.78, 5) is 26.4. The van der Waals surface area contributed by atoms with Gasteiger partial charge in [0, 0.05) is 0 Å². The topological polar surface area (TPSA) is 117 Å². The van der Waals surface area contributed by atoms with E-state index in [2.05, 4.69) is 4.84 Å². The van der Waals surface area contributed by atoms with Crippen molar-refractivity contribution in [2.75, 3.05) is 13.2 Å². The maximum absolute atomic E-state index is 11.2. The van der Waals surface area contributed by atoms with Gasteiger partial charge in [-0.15, -0.1) is 5.06 Å². The molecule has 3 N–H and O–H groups in total. The van der Waals surface area contributed by atoms with E-state index in [1.54, 1.807) is 20.8 Å². The third-order valence-corrected chi connectivity index (χ3v) is 1.66. The lowest BCUT2D eigenvalue weighted by Crippen LogP contribution is -2.37. The second kappa shape index (κ2) is 7.02. The van der Waals surface area contributed by atoms with Crippen LogP contribution in [0, 0.1) is 0 Å². The summed E-state index contributed by atoms with van der Waals surface area (Å²) >= 11 is 0. The molecule has 0 fully saturated rings. The molecule has 8 nitrogen and oxygen atoms in total. The zero-order valence-electron chi connectivity index (χ0n) is 10.6. The number of carbonyl (C=O) groups is 2. The molecule has 0 aromatic rings. The number of aliphatic hydroxyl groups excluding tert-OH is 2. The van der Waals surface area contributed by atoms with Crippen molar-refractivity contribution in [3.8, 4) is 0 Å². The summed E-state index contributed by atoms with van der Waals surface area (Å²) in [6.45, 7) is 4.05. The lowest BCUT2D eigenvalue weighted by Gasteiger charge is -2.22. The van der Waals surface area contributed by atoms with Gasteiger partial charge in [-0.05, 0) is 27.2 Å². The molecule has 0 aromatic carbocycles. The van der Waals surface area contributed by atoms with Crippen LogP contribution < -0.4 is 0 Å². The van der Waals surface area contributed by atoms with Crippen LogP contribution in [-0.4, -0.2) is 57.5 Å². The highest BCUT2D eigenvalue weighted by atomic mass is 16.8. The van der Waals surface area contributed by atoms with Crippen LogP contribution in [0.5, 0.6) is 0 Å². The van der Waals surface area contributed by atoms with Crippen molar-refractivity contribution in [2.24, 2.45) is 0 Å². The molecule has 0 bridgehead atoms. The van der Waals surface area contributed by atoms with Crippen molar-refractivity contribution in [3.63, 3.8) is 0 Å². The average Bonchev–Trinajstić information content (AvgIpc) is 2.20. The monoisotopic (exact) mass is 265 g/mol. The van der Waals surface area contributed by atoms with Crippen LogP contribution in [0.25, 0.3) is 0 Å². The van der Waals surface area contributed by atoms with Gasteiger partial charge in [0.1, 0.15) is 5.60 Å². The van der Waals surface area contributed by atoms with Gasteiger partial charge in [-0.3, -0.25) is 0 Å². The maximum atomic E-state index is 11.2. The summed E-state index contributed by atoms with van der Waals surface area (Å²) in [7, 11) is 0. The van der Waals surface area contributed by atoms with Crippen LogP contribution in [0.15, 0.2) is 0 Å². The number of aliphatic hydroxyl groups is 2. The first-order chi connectivity index (χ1) is 8.15. The van der Waals surface area contributed by atoms with E-state index >= 15 is 0 Å². The van der Waals surface area contributed by atoms with E-state index in [4.69, 9.17) is 20.1 Å². The van der Waals surface area contributed by atoms with Crippen molar-refractivity contribution < 1.29 is 34.5 Å². The SMILES string of the molecule is CC(C)(C)OC(=O)ON(CCC(O)CO)C(=O)O. The third kappa shape index (κ3) is 7.69. The standard InChI is InChI=1S/C10H19NO7/c1-10(2,3)17-9(16)18-11(8(14)15)5-4-7(13)6-12/h7,12-13H,4-6H2,1-3H3,(H,14,15). The van der Waals surface area contributed by atoms with Crippen molar-refractivity contribution in [3.05, 3.63) is 0 Å². The van der Waals surface area contributed by atoms with E-state index in [1.807, 2.05) is 0 Å². The molecule has 1 amide bonds. The molecule has 106 valence electrons. The minimum Gasteiger partial charge on any atom is -0.463 e. The summed E-state index contributed by atoms with van der Waals surface area (Å²) in [6, 6.07) is 0. The second-order valence-corrected chi connectivity index (χ2v) is 4.57. The molecule has 0 radical (unpaired) electrons. The Hall–Kier alpha value is -1.54. The molecule has 1 atom stereocenters. The maximum Gasteiger partial charge on any atom is 0.534 e. The minimum absolute atomic E-state index is 0.0639.